The zero-order chi connectivity index (χ0) is 13.8. The van der Waals surface area contributed by atoms with Crippen molar-refractivity contribution >= 4 is 40.1 Å². The second-order valence-corrected chi connectivity index (χ2v) is 5.65. The predicted molar refractivity (Wildman–Crippen MR) is 84.3 cm³/mol. The largest absolute Gasteiger partial charge is 0.346 e. The van der Waals surface area contributed by atoms with Crippen molar-refractivity contribution in [2.45, 2.75) is 13.5 Å². The summed E-state index contributed by atoms with van der Waals surface area (Å²) < 4.78 is 0.927. The summed E-state index contributed by atoms with van der Waals surface area (Å²) >= 11 is 8.13. The maximum atomic E-state index is 12.0. The first-order valence-electron chi connectivity index (χ1n) is 5.71. The monoisotopic (exact) mass is 386 g/mol. The lowest BCUT2D eigenvalue weighted by molar-refractivity contribution is 0.0950. The number of hydrogen-bond donors (Lipinski definition) is 1. The van der Waals surface area contributed by atoms with Crippen LogP contribution >= 0.6 is 34.2 Å². The van der Waals surface area contributed by atoms with Crippen LogP contribution in [-0.2, 0) is 6.54 Å². The van der Waals surface area contributed by atoms with Gasteiger partial charge in [-0.2, -0.15) is 0 Å². The average Bonchev–Trinajstić information content (AvgIpc) is 2.40. The fraction of sp³-hybridized carbons (Fsp3) is 0.143. The lowest BCUT2D eigenvalue weighted by atomic mass is 10.2. The van der Waals surface area contributed by atoms with E-state index in [1.807, 2.05) is 25.1 Å². The van der Waals surface area contributed by atoms with E-state index in [9.17, 15) is 4.79 Å². The highest BCUT2D eigenvalue weighted by Crippen LogP contribution is 2.19. The van der Waals surface area contributed by atoms with Crippen LogP contribution in [0.25, 0.3) is 0 Å². The molecule has 0 atom stereocenters. The first-order valence-corrected chi connectivity index (χ1v) is 7.17. The van der Waals surface area contributed by atoms with Gasteiger partial charge < -0.3 is 5.32 Å². The molecule has 0 fully saturated rings. The minimum absolute atomic E-state index is 0.150. The smallest absolute Gasteiger partial charge is 0.251 e. The lowest BCUT2D eigenvalue weighted by Crippen LogP contribution is -2.23. The molecule has 98 valence electrons. The van der Waals surface area contributed by atoms with Crippen molar-refractivity contribution in [1.82, 2.24) is 10.3 Å². The molecule has 1 amide bonds. The summed E-state index contributed by atoms with van der Waals surface area (Å²) in [5.74, 6) is -0.150. The molecule has 0 saturated carbocycles. The minimum Gasteiger partial charge on any atom is -0.346 e. The number of carbonyl (C=O) groups is 1. The van der Waals surface area contributed by atoms with Crippen molar-refractivity contribution in [3.8, 4) is 0 Å². The van der Waals surface area contributed by atoms with E-state index in [2.05, 4.69) is 32.9 Å². The molecular weight excluding hydrogens is 375 g/mol. The van der Waals surface area contributed by atoms with Gasteiger partial charge in [-0.1, -0.05) is 17.7 Å². The zero-order valence-electron chi connectivity index (χ0n) is 10.3. The Bertz CT molecular complexity index is 616. The van der Waals surface area contributed by atoms with E-state index in [4.69, 9.17) is 11.6 Å². The Labute approximate surface area is 130 Å². The van der Waals surface area contributed by atoms with Crippen molar-refractivity contribution in [3.63, 3.8) is 0 Å². The molecule has 0 aliphatic carbocycles. The number of halogens is 2. The van der Waals surface area contributed by atoms with Gasteiger partial charge in [0.15, 0.2) is 0 Å². The number of aryl methyl sites for hydroxylation is 1. The Kier molecular flexibility index (Phi) is 4.76. The third-order valence-corrected chi connectivity index (χ3v) is 4.29. The Morgan fingerprint density at radius 2 is 2.21 bits per heavy atom. The van der Waals surface area contributed by atoms with Gasteiger partial charge >= 0.3 is 0 Å². The zero-order valence-corrected chi connectivity index (χ0v) is 13.2. The molecule has 19 heavy (non-hydrogen) atoms. The lowest BCUT2D eigenvalue weighted by Gasteiger charge is -2.07. The number of nitrogens with one attached hydrogen (secondary N) is 1. The molecule has 1 heterocycles. The van der Waals surface area contributed by atoms with Gasteiger partial charge in [0.1, 0.15) is 0 Å². The first kappa shape index (κ1) is 14.3. The molecule has 0 radical (unpaired) electrons. The normalized spacial score (nSPS) is 10.3. The third kappa shape index (κ3) is 3.67. The fourth-order valence-electron chi connectivity index (χ4n) is 1.61. The van der Waals surface area contributed by atoms with E-state index in [1.54, 1.807) is 18.3 Å². The number of rotatable bonds is 3. The van der Waals surface area contributed by atoms with Gasteiger partial charge in [-0.25, -0.2) is 0 Å². The molecule has 0 spiro atoms. The van der Waals surface area contributed by atoms with Gasteiger partial charge in [-0.05, 0) is 59.3 Å². The molecule has 0 unspecified atom stereocenters. The number of pyridine rings is 1. The highest BCUT2D eigenvalue weighted by molar-refractivity contribution is 14.1. The number of amides is 1. The quantitative estimate of drug-likeness (QED) is 0.819. The van der Waals surface area contributed by atoms with Gasteiger partial charge in [0.25, 0.3) is 5.91 Å². The maximum Gasteiger partial charge on any atom is 0.251 e. The van der Waals surface area contributed by atoms with Crippen LogP contribution in [-0.4, -0.2) is 10.9 Å². The van der Waals surface area contributed by atoms with Gasteiger partial charge in [-0.15, -0.1) is 0 Å². The van der Waals surface area contributed by atoms with E-state index in [0.717, 1.165) is 14.8 Å². The summed E-state index contributed by atoms with van der Waals surface area (Å²) in [6.45, 7) is 2.38. The summed E-state index contributed by atoms with van der Waals surface area (Å²) in [5, 5.41) is 3.43. The Hall–Kier alpha value is -1.14. The summed E-state index contributed by atoms with van der Waals surface area (Å²) in [7, 11) is 0. The minimum atomic E-state index is -0.150. The standard InChI is InChI=1S/C14H12ClIN2O/c1-9-3-2-6-17-13(9)8-18-14(19)10-4-5-12(16)11(15)7-10/h2-7H,8H2,1H3,(H,18,19). The fourth-order valence-corrected chi connectivity index (χ4v) is 2.12. The average molecular weight is 387 g/mol. The van der Waals surface area contributed by atoms with Crippen LogP contribution in [0.1, 0.15) is 21.6 Å². The summed E-state index contributed by atoms with van der Waals surface area (Å²) in [5.41, 5.74) is 2.48. The molecule has 0 aliphatic rings. The van der Waals surface area contributed by atoms with Crippen molar-refractivity contribution < 1.29 is 4.79 Å². The molecule has 3 nitrogen and oxygen atoms in total. The van der Waals surface area contributed by atoms with Crippen molar-refractivity contribution in [3.05, 3.63) is 61.9 Å². The van der Waals surface area contributed by atoms with Crippen LogP contribution in [0.5, 0.6) is 0 Å². The van der Waals surface area contributed by atoms with Crippen LogP contribution in [0.15, 0.2) is 36.5 Å². The van der Waals surface area contributed by atoms with E-state index in [-0.39, 0.29) is 5.91 Å². The Balaban J connectivity index is 2.05. The molecule has 2 aromatic rings. The van der Waals surface area contributed by atoms with Crippen LogP contribution in [0.3, 0.4) is 0 Å². The van der Waals surface area contributed by atoms with Gasteiger partial charge in [0.2, 0.25) is 0 Å². The SMILES string of the molecule is Cc1cccnc1CNC(=O)c1ccc(I)c(Cl)c1. The summed E-state index contributed by atoms with van der Waals surface area (Å²) in [6.07, 6.45) is 1.72. The van der Waals surface area contributed by atoms with Gasteiger partial charge in [0.05, 0.1) is 17.3 Å². The molecule has 0 bridgehead atoms. The van der Waals surface area contributed by atoms with Crippen molar-refractivity contribution in [2.75, 3.05) is 0 Å². The molecular formula is C14H12ClIN2O. The van der Waals surface area contributed by atoms with E-state index < -0.39 is 0 Å². The highest BCUT2D eigenvalue weighted by atomic mass is 127. The second kappa shape index (κ2) is 6.34. The molecule has 0 saturated heterocycles. The number of aromatic nitrogens is 1. The van der Waals surface area contributed by atoms with Crippen LogP contribution < -0.4 is 5.32 Å². The molecule has 1 N–H and O–H groups in total. The van der Waals surface area contributed by atoms with Crippen LogP contribution in [0, 0.1) is 10.5 Å². The number of nitrogens with zero attached hydrogens (tertiary/aromatic N) is 1. The third-order valence-electron chi connectivity index (χ3n) is 2.72. The molecule has 5 heteroatoms. The van der Waals surface area contributed by atoms with E-state index >= 15 is 0 Å². The number of benzene rings is 1. The van der Waals surface area contributed by atoms with Crippen LogP contribution in [0.4, 0.5) is 0 Å². The van der Waals surface area contributed by atoms with Crippen molar-refractivity contribution in [2.24, 2.45) is 0 Å². The number of carbonyl (C=O) groups excluding carboxylic acids is 1. The van der Waals surface area contributed by atoms with E-state index in [1.165, 1.54) is 0 Å². The summed E-state index contributed by atoms with van der Waals surface area (Å²) in [6, 6.07) is 9.10. The second-order valence-electron chi connectivity index (χ2n) is 4.08. The topological polar surface area (TPSA) is 42.0 Å². The maximum absolute atomic E-state index is 12.0. The molecule has 1 aromatic heterocycles. The van der Waals surface area contributed by atoms with E-state index in [0.29, 0.717) is 17.1 Å². The predicted octanol–water partition coefficient (Wildman–Crippen LogP) is 3.58. The Morgan fingerprint density at radius 3 is 2.89 bits per heavy atom. The van der Waals surface area contributed by atoms with Gasteiger partial charge in [-0.3, -0.25) is 9.78 Å². The van der Waals surface area contributed by atoms with Gasteiger partial charge in [0, 0.05) is 15.3 Å². The summed E-state index contributed by atoms with van der Waals surface area (Å²) in [4.78, 5) is 16.2. The first-order chi connectivity index (χ1) is 9.08. The Morgan fingerprint density at radius 1 is 1.42 bits per heavy atom. The molecule has 1 aromatic carbocycles. The molecule has 2 rings (SSSR count). The number of hydrogen-bond acceptors (Lipinski definition) is 2. The molecule has 0 aliphatic heterocycles. The van der Waals surface area contributed by atoms with Crippen LogP contribution in [0.2, 0.25) is 5.02 Å². The highest BCUT2D eigenvalue weighted by Gasteiger charge is 2.08. The van der Waals surface area contributed by atoms with Crippen molar-refractivity contribution in [1.29, 1.82) is 0 Å².